The van der Waals surface area contributed by atoms with Crippen molar-refractivity contribution in [1.29, 1.82) is 0 Å². The smallest absolute Gasteiger partial charge is 0.247 e. The van der Waals surface area contributed by atoms with Crippen molar-refractivity contribution in [2.24, 2.45) is 0 Å². The van der Waals surface area contributed by atoms with E-state index in [4.69, 9.17) is 0 Å². The van der Waals surface area contributed by atoms with E-state index in [0.29, 0.717) is 12.1 Å². The Hall–Kier alpha value is -5.16. The standard InChI is InChI=1S/C37H33N3O2/c1-2-40-33-21-13-12-20-30(33)31-25-29(22-23-34(31)40)38-36(41)32(24-26-14-6-3-7-15-26)39-37(42)35(27-16-8-4-9-17-27)28-18-10-5-11-19-28/h3-23,25,32,35H,2,24H2,1H3,(H,38,41)(H,39,42)/t32-/m0/s1. The van der Waals surface area contributed by atoms with Crippen molar-refractivity contribution < 1.29 is 9.59 Å². The number of amides is 2. The quantitative estimate of drug-likeness (QED) is 0.198. The van der Waals surface area contributed by atoms with Crippen LogP contribution in [0.25, 0.3) is 21.8 Å². The summed E-state index contributed by atoms with van der Waals surface area (Å²) in [5.41, 5.74) is 5.70. The molecule has 0 fully saturated rings. The first-order valence-corrected chi connectivity index (χ1v) is 14.4. The van der Waals surface area contributed by atoms with Gasteiger partial charge in [-0.1, -0.05) is 109 Å². The van der Waals surface area contributed by atoms with E-state index in [1.807, 2.05) is 115 Å². The lowest BCUT2D eigenvalue weighted by Crippen LogP contribution is -2.47. The normalized spacial score (nSPS) is 12.0. The van der Waals surface area contributed by atoms with Crippen molar-refractivity contribution in [3.05, 3.63) is 150 Å². The number of fused-ring (bicyclic) bond motifs is 3. The molecule has 0 spiro atoms. The maximum Gasteiger partial charge on any atom is 0.247 e. The van der Waals surface area contributed by atoms with Crippen molar-refractivity contribution in [2.45, 2.75) is 31.8 Å². The number of nitrogens with one attached hydrogen (secondary N) is 2. The third kappa shape index (κ3) is 5.54. The molecule has 5 heteroatoms. The zero-order valence-corrected chi connectivity index (χ0v) is 23.5. The average Bonchev–Trinajstić information content (AvgIpc) is 3.35. The first-order chi connectivity index (χ1) is 20.6. The average molecular weight is 552 g/mol. The molecule has 6 rings (SSSR count). The van der Waals surface area contributed by atoms with E-state index in [1.165, 1.54) is 5.52 Å². The van der Waals surface area contributed by atoms with Crippen molar-refractivity contribution in [3.8, 4) is 0 Å². The maximum absolute atomic E-state index is 14.0. The summed E-state index contributed by atoms with van der Waals surface area (Å²) in [5, 5.41) is 8.45. The molecule has 2 N–H and O–H groups in total. The Kier molecular flexibility index (Phi) is 7.82. The highest BCUT2D eigenvalue weighted by atomic mass is 16.2. The van der Waals surface area contributed by atoms with Gasteiger partial charge in [0.25, 0.3) is 0 Å². The topological polar surface area (TPSA) is 63.1 Å². The van der Waals surface area contributed by atoms with Gasteiger partial charge in [-0.2, -0.15) is 0 Å². The number of carbonyl (C=O) groups is 2. The Morgan fingerprint density at radius 2 is 1.21 bits per heavy atom. The van der Waals surface area contributed by atoms with Crippen molar-refractivity contribution >= 4 is 39.3 Å². The lowest BCUT2D eigenvalue weighted by molar-refractivity contribution is -0.126. The number of rotatable bonds is 9. The molecule has 1 aromatic heterocycles. The van der Waals surface area contributed by atoms with Gasteiger partial charge in [-0.25, -0.2) is 0 Å². The van der Waals surface area contributed by atoms with Crippen LogP contribution in [-0.2, 0) is 22.6 Å². The SMILES string of the molecule is CCn1c2ccccc2c2cc(NC(=O)[C@H](Cc3ccccc3)NC(=O)C(c3ccccc3)c3ccccc3)ccc21. The van der Waals surface area contributed by atoms with E-state index < -0.39 is 12.0 Å². The molecule has 2 amide bonds. The minimum atomic E-state index is -0.775. The van der Waals surface area contributed by atoms with Crippen LogP contribution in [0.4, 0.5) is 5.69 Å². The summed E-state index contributed by atoms with van der Waals surface area (Å²) in [6.07, 6.45) is 0.367. The summed E-state index contributed by atoms with van der Waals surface area (Å²) in [4.78, 5) is 27.8. The fraction of sp³-hybridized carbons (Fsp3) is 0.135. The molecule has 0 bridgehead atoms. The molecular weight excluding hydrogens is 518 g/mol. The summed E-state index contributed by atoms with van der Waals surface area (Å²) >= 11 is 0. The number of carbonyl (C=O) groups excluding carboxylic acids is 2. The molecule has 0 aliphatic carbocycles. The van der Waals surface area contributed by atoms with E-state index in [2.05, 4.69) is 40.3 Å². The number of hydrogen-bond acceptors (Lipinski definition) is 2. The molecule has 5 aromatic carbocycles. The molecule has 0 saturated carbocycles. The summed E-state index contributed by atoms with van der Waals surface area (Å²) < 4.78 is 2.28. The number of nitrogens with zero attached hydrogens (tertiary/aromatic N) is 1. The number of aromatic nitrogens is 1. The number of benzene rings is 5. The van der Waals surface area contributed by atoms with Crippen LogP contribution in [0.5, 0.6) is 0 Å². The highest BCUT2D eigenvalue weighted by Crippen LogP contribution is 2.31. The zero-order valence-electron chi connectivity index (χ0n) is 23.5. The predicted molar refractivity (Wildman–Crippen MR) is 171 cm³/mol. The Labute approximate surface area is 245 Å². The van der Waals surface area contributed by atoms with Crippen LogP contribution in [0.2, 0.25) is 0 Å². The van der Waals surface area contributed by atoms with Gasteiger partial charge in [0.2, 0.25) is 11.8 Å². The third-order valence-corrected chi connectivity index (χ3v) is 7.80. The van der Waals surface area contributed by atoms with Gasteiger partial charge in [0.1, 0.15) is 6.04 Å². The van der Waals surface area contributed by atoms with Gasteiger partial charge in [0, 0.05) is 40.5 Å². The van der Waals surface area contributed by atoms with Crippen LogP contribution < -0.4 is 10.6 Å². The van der Waals surface area contributed by atoms with Crippen LogP contribution in [0.3, 0.4) is 0 Å². The summed E-state index contributed by atoms with van der Waals surface area (Å²) in [7, 11) is 0. The first kappa shape index (κ1) is 27.0. The van der Waals surface area contributed by atoms with Gasteiger partial charge in [-0.3, -0.25) is 9.59 Å². The molecule has 5 nitrogen and oxygen atoms in total. The van der Waals surface area contributed by atoms with Gasteiger partial charge in [0.15, 0.2) is 0 Å². The Morgan fingerprint density at radius 3 is 1.86 bits per heavy atom. The second-order valence-corrected chi connectivity index (χ2v) is 10.5. The van der Waals surface area contributed by atoms with E-state index >= 15 is 0 Å². The van der Waals surface area contributed by atoms with Gasteiger partial charge in [-0.05, 0) is 47.9 Å². The third-order valence-electron chi connectivity index (χ3n) is 7.80. The van der Waals surface area contributed by atoms with Crippen LogP contribution >= 0.6 is 0 Å². The lowest BCUT2D eigenvalue weighted by Gasteiger charge is -2.23. The highest BCUT2D eigenvalue weighted by Gasteiger charge is 2.28. The van der Waals surface area contributed by atoms with Gasteiger partial charge in [-0.15, -0.1) is 0 Å². The van der Waals surface area contributed by atoms with Crippen LogP contribution in [0.1, 0.15) is 29.5 Å². The minimum Gasteiger partial charge on any atom is -0.343 e. The minimum absolute atomic E-state index is 0.218. The van der Waals surface area contributed by atoms with E-state index in [1.54, 1.807) is 0 Å². The molecule has 0 aliphatic rings. The molecule has 0 aliphatic heterocycles. The van der Waals surface area contributed by atoms with Crippen molar-refractivity contribution in [2.75, 3.05) is 5.32 Å². The van der Waals surface area contributed by atoms with E-state index in [0.717, 1.165) is 39.5 Å². The molecule has 0 radical (unpaired) electrons. The molecule has 1 heterocycles. The van der Waals surface area contributed by atoms with Crippen LogP contribution in [0, 0.1) is 0 Å². The molecule has 0 unspecified atom stereocenters. The second kappa shape index (κ2) is 12.1. The van der Waals surface area contributed by atoms with E-state index in [9.17, 15) is 9.59 Å². The number of aryl methyl sites for hydroxylation is 1. The summed E-state index contributed by atoms with van der Waals surface area (Å²) in [5.74, 6) is -1.02. The van der Waals surface area contributed by atoms with Crippen molar-refractivity contribution in [3.63, 3.8) is 0 Å². The van der Waals surface area contributed by atoms with Gasteiger partial charge < -0.3 is 15.2 Å². The molecule has 6 aromatic rings. The highest BCUT2D eigenvalue weighted by molar-refractivity contribution is 6.10. The van der Waals surface area contributed by atoms with Crippen LogP contribution in [0.15, 0.2) is 133 Å². The van der Waals surface area contributed by atoms with Crippen molar-refractivity contribution in [1.82, 2.24) is 9.88 Å². The monoisotopic (exact) mass is 551 g/mol. The molecule has 208 valence electrons. The second-order valence-electron chi connectivity index (χ2n) is 10.5. The first-order valence-electron chi connectivity index (χ1n) is 14.4. The van der Waals surface area contributed by atoms with Gasteiger partial charge >= 0.3 is 0 Å². The van der Waals surface area contributed by atoms with E-state index in [-0.39, 0.29) is 11.8 Å². The Morgan fingerprint density at radius 1 is 0.643 bits per heavy atom. The molecule has 0 saturated heterocycles. The number of para-hydroxylation sites is 1. The summed E-state index contributed by atoms with van der Waals surface area (Å²) in [6, 6.07) is 42.7. The van der Waals surface area contributed by atoms with Gasteiger partial charge in [0.05, 0.1) is 5.92 Å². The number of hydrogen-bond donors (Lipinski definition) is 2. The number of anilines is 1. The molecule has 42 heavy (non-hydrogen) atoms. The Bertz CT molecular complexity index is 1790. The zero-order chi connectivity index (χ0) is 28.9. The van der Waals surface area contributed by atoms with Crippen LogP contribution in [-0.4, -0.2) is 22.4 Å². The molecular formula is C37H33N3O2. The summed E-state index contributed by atoms with van der Waals surface area (Å²) in [6.45, 7) is 2.99. The maximum atomic E-state index is 14.0. The fourth-order valence-electron chi connectivity index (χ4n) is 5.80. The Balaban J connectivity index is 1.32. The fourth-order valence-corrected chi connectivity index (χ4v) is 5.80. The lowest BCUT2D eigenvalue weighted by atomic mass is 9.90. The largest absolute Gasteiger partial charge is 0.343 e. The molecule has 1 atom stereocenters. The predicted octanol–water partition coefficient (Wildman–Crippen LogP) is 7.31.